The van der Waals surface area contributed by atoms with Crippen LogP contribution in [-0.4, -0.2) is 95.9 Å². The number of aldehydes is 1. The lowest BCUT2D eigenvalue weighted by Crippen LogP contribution is -2.64. The molecule has 2 aromatic rings. The molecule has 2 aliphatic carbocycles. The third-order valence-corrected chi connectivity index (χ3v) is 14.9. The molecule has 284 valence electrons. The maximum Gasteiger partial charge on any atom is 0.264 e. The molecule has 1 saturated heterocycles. The zero-order valence-corrected chi connectivity index (χ0v) is 33.0. The number of carbonyl (C=O) groups excluding carboxylic acids is 2. The van der Waals surface area contributed by atoms with E-state index in [2.05, 4.69) is 53.0 Å². The summed E-state index contributed by atoms with van der Waals surface area (Å²) in [5.74, 6) is -0.203. The number of carbonyl (C=O) groups is 2. The molecule has 0 aromatic heterocycles. The van der Waals surface area contributed by atoms with E-state index in [0.717, 1.165) is 57.2 Å². The van der Waals surface area contributed by atoms with Gasteiger partial charge in [0.25, 0.3) is 5.91 Å². The van der Waals surface area contributed by atoms with Crippen molar-refractivity contribution < 1.29 is 27.5 Å². The van der Waals surface area contributed by atoms with Gasteiger partial charge in [0, 0.05) is 60.7 Å². The van der Waals surface area contributed by atoms with E-state index in [-0.39, 0.29) is 28.7 Å². The van der Waals surface area contributed by atoms with Crippen molar-refractivity contribution in [1.82, 2.24) is 14.9 Å². The lowest BCUT2D eigenvalue weighted by Gasteiger charge is -2.48. The summed E-state index contributed by atoms with van der Waals surface area (Å²) in [5.41, 5.74) is 2.49. The zero-order chi connectivity index (χ0) is 37.5. The first-order valence-corrected chi connectivity index (χ1v) is 20.5. The number of hydrogen-bond acceptors (Lipinski definition) is 9. The molecule has 3 aliphatic heterocycles. The second-order valence-electron chi connectivity index (χ2n) is 16.2. The lowest BCUT2D eigenvalue weighted by molar-refractivity contribution is -0.135. The van der Waals surface area contributed by atoms with Crippen molar-refractivity contribution in [2.75, 3.05) is 58.9 Å². The van der Waals surface area contributed by atoms with E-state index >= 15 is 0 Å². The number of amides is 1. The minimum Gasteiger partial charge on any atom is -0.490 e. The Morgan fingerprint density at radius 1 is 1.12 bits per heavy atom. The number of benzene rings is 2. The van der Waals surface area contributed by atoms with E-state index < -0.39 is 26.8 Å². The first kappa shape index (κ1) is 38.8. The Labute approximate surface area is 314 Å². The summed E-state index contributed by atoms with van der Waals surface area (Å²) in [6.45, 7) is 9.72. The van der Waals surface area contributed by atoms with Crippen LogP contribution in [-0.2, 0) is 31.4 Å². The van der Waals surface area contributed by atoms with Crippen LogP contribution in [0.25, 0.3) is 0 Å². The van der Waals surface area contributed by atoms with Crippen molar-refractivity contribution in [3.8, 4) is 5.75 Å². The number of methoxy groups -OCH3 is 1. The lowest BCUT2D eigenvalue weighted by atomic mass is 9.64. The predicted molar refractivity (Wildman–Crippen MR) is 206 cm³/mol. The van der Waals surface area contributed by atoms with Gasteiger partial charge in [-0.1, -0.05) is 30.7 Å². The molecular weight excluding hydrogens is 700 g/mol. The molecule has 7 rings (SSSR count). The summed E-state index contributed by atoms with van der Waals surface area (Å²) in [6, 6.07) is 11.3. The largest absolute Gasteiger partial charge is 0.490 e. The Balaban J connectivity index is 0.000000514. The number of fused-ring (bicyclic) bond motifs is 4. The average Bonchev–Trinajstić information content (AvgIpc) is 3.24. The van der Waals surface area contributed by atoms with Gasteiger partial charge < -0.3 is 24.6 Å². The van der Waals surface area contributed by atoms with E-state index in [1.54, 1.807) is 32.2 Å². The number of likely N-dealkylation sites (N-methyl/N-ethyl adjacent to an activating group) is 1. The van der Waals surface area contributed by atoms with Gasteiger partial charge in [0.1, 0.15) is 11.4 Å². The maximum atomic E-state index is 13.4. The van der Waals surface area contributed by atoms with Crippen LogP contribution in [0.3, 0.4) is 0 Å². The molecule has 2 N–H and O–H groups in total. The monoisotopic (exact) mass is 754 g/mol. The molecule has 5 aliphatic rings. The van der Waals surface area contributed by atoms with Gasteiger partial charge >= 0.3 is 0 Å². The van der Waals surface area contributed by atoms with Crippen molar-refractivity contribution in [2.45, 2.75) is 81.1 Å². The van der Waals surface area contributed by atoms with Crippen LogP contribution in [0.1, 0.15) is 74.4 Å². The van der Waals surface area contributed by atoms with Crippen LogP contribution in [0.4, 0.5) is 5.69 Å². The van der Waals surface area contributed by atoms with Crippen molar-refractivity contribution in [1.29, 1.82) is 0 Å². The summed E-state index contributed by atoms with van der Waals surface area (Å²) in [4.78, 5) is 30.6. The molecule has 6 atom stereocenters. The molecule has 10 nitrogen and oxygen atoms in total. The van der Waals surface area contributed by atoms with Crippen LogP contribution < -0.4 is 19.7 Å². The summed E-state index contributed by atoms with van der Waals surface area (Å²) in [5, 5.41) is 3.12. The highest BCUT2D eigenvalue weighted by atomic mass is 35.5. The van der Waals surface area contributed by atoms with Gasteiger partial charge in [0.05, 0.1) is 17.5 Å². The number of aryl methyl sites for hydroxylation is 1. The minimum absolute atomic E-state index is 0.0434. The molecule has 2 bridgehead atoms. The maximum absolute atomic E-state index is 13.4. The highest BCUT2D eigenvalue weighted by Crippen LogP contribution is 2.48. The van der Waals surface area contributed by atoms with Crippen molar-refractivity contribution >= 4 is 39.5 Å². The molecule has 3 heterocycles. The second-order valence-corrected chi connectivity index (χ2v) is 18.7. The Morgan fingerprint density at radius 3 is 2.50 bits per heavy atom. The molecule has 52 heavy (non-hydrogen) atoms. The molecular formula is C40H55ClN4O6S. The first-order chi connectivity index (χ1) is 24.7. The van der Waals surface area contributed by atoms with Gasteiger partial charge in [-0.15, -0.1) is 0 Å². The van der Waals surface area contributed by atoms with Crippen LogP contribution in [0, 0.1) is 17.8 Å². The highest BCUT2D eigenvalue weighted by Gasteiger charge is 2.49. The van der Waals surface area contributed by atoms with Crippen molar-refractivity contribution in [3.63, 3.8) is 0 Å². The number of rotatable bonds is 3. The number of hydrogen-bond donors (Lipinski definition) is 2. The van der Waals surface area contributed by atoms with Gasteiger partial charge in [-0.05, 0) is 126 Å². The third-order valence-electron chi connectivity index (χ3n) is 12.8. The fraction of sp³-hybridized carbons (Fsp3) is 0.600. The van der Waals surface area contributed by atoms with Gasteiger partial charge in [-0.25, -0.2) is 13.1 Å². The van der Waals surface area contributed by atoms with E-state index in [1.165, 1.54) is 11.1 Å². The van der Waals surface area contributed by atoms with E-state index in [9.17, 15) is 18.0 Å². The Bertz CT molecular complexity index is 1800. The summed E-state index contributed by atoms with van der Waals surface area (Å²) in [7, 11) is 1.85. The van der Waals surface area contributed by atoms with Gasteiger partial charge in [-0.3, -0.25) is 9.59 Å². The van der Waals surface area contributed by atoms with E-state index in [4.69, 9.17) is 21.1 Å². The number of nitrogens with one attached hydrogen (secondary N) is 2. The highest BCUT2D eigenvalue weighted by molar-refractivity contribution is 7.90. The van der Waals surface area contributed by atoms with Gasteiger partial charge in [0.15, 0.2) is 6.29 Å². The topological polar surface area (TPSA) is 117 Å². The number of anilines is 1. The van der Waals surface area contributed by atoms with Crippen LogP contribution in [0.5, 0.6) is 5.75 Å². The minimum atomic E-state index is -3.97. The molecule has 1 spiro atoms. The van der Waals surface area contributed by atoms with Crippen molar-refractivity contribution in [3.05, 3.63) is 70.3 Å². The average molecular weight is 755 g/mol. The van der Waals surface area contributed by atoms with E-state index in [1.807, 2.05) is 25.1 Å². The molecule has 1 saturated carbocycles. The quantitative estimate of drug-likeness (QED) is 0.315. The number of nitrogens with zero attached hydrogens (tertiary/aromatic N) is 2. The normalized spacial score (nSPS) is 32.6. The molecule has 1 unspecified atom stereocenters. The SMILES string of the molecule is CN(C)C1(C)CNC1.COC1(C=O)/C=C/C[C@H](C)[C@@H](C)S(=O)(=O)NC(=O)c2ccc3c(c2)N(C[C@@H]2CC[C@H]21)C[C@@]1(CCCc2cc(Cl)ccc21)CO3. The fourth-order valence-electron chi connectivity index (χ4n) is 8.49. The van der Waals surface area contributed by atoms with Crippen LogP contribution in [0.15, 0.2) is 48.6 Å². The molecule has 1 amide bonds. The van der Waals surface area contributed by atoms with Gasteiger partial charge in [0.2, 0.25) is 10.0 Å². The Hall–Kier alpha value is -2.96. The summed E-state index contributed by atoms with van der Waals surface area (Å²) < 4.78 is 41.3. The molecule has 2 fully saturated rings. The fourth-order valence-corrected chi connectivity index (χ4v) is 9.97. The zero-order valence-electron chi connectivity index (χ0n) is 31.4. The van der Waals surface area contributed by atoms with E-state index in [0.29, 0.717) is 42.4 Å². The molecule has 2 aromatic carbocycles. The summed E-state index contributed by atoms with van der Waals surface area (Å²) >= 11 is 6.40. The Kier molecular flexibility index (Phi) is 11.2. The van der Waals surface area contributed by atoms with Crippen LogP contribution in [0.2, 0.25) is 5.02 Å². The molecule has 12 heteroatoms. The number of ether oxygens (including phenoxy) is 2. The smallest absolute Gasteiger partial charge is 0.264 e. The summed E-state index contributed by atoms with van der Waals surface area (Å²) in [6.07, 6.45) is 9.65. The Morgan fingerprint density at radius 2 is 1.88 bits per heavy atom. The second kappa shape index (κ2) is 15.1. The first-order valence-electron chi connectivity index (χ1n) is 18.6. The predicted octanol–water partition coefficient (Wildman–Crippen LogP) is 5.38. The van der Waals surface area contributed by atoms with Gasteiger partial charge in [-0.2, -0.15) is 0 Å². The number of sulfonamides is 1. The standard InChI is InChI=1S/C34H41ClN2O6S.C6H14N2/c1-22-6-4-15-34(20-38,42-3)29-11-8-26(29)18-37-19-33(14-5-7-24-16-27(35)10-12-28(24)33)21-43-31-13-9-25(17-30(31)37)32(39)36-44(40,41)23(22)2;1-6(8(2)3)4-7-5-6/h4,9-10,12-13,15-17,20,22-23,26,29H,5-8,11,14,18-19,21H2,1-3H3,(H,36,39);7H,4-5H2,1-3H3/b15-4+;/t22-,23+,26-,29+,33-,34?;/m0./s1. The third kappa shape index (κ3) is 7.40. The van der Waals surface area contributed by atoms with Crippen LogP contribution >= 0.6 is 11.6 Å². The van der Waals surface area contributed by atoms with Crippen molar-refractivity contribution in [2.24, 2.45) is 17.8 Å². The number of halogens is 1. The molecule has 0 radical (unpaired) electrons. The number of allylic oxidation sites excluding steroid dienone is 1.